The normalized spacial score (nSPS) is 19.0. The first-order valence-corrected chi connectivity index (χ1v) is 22.7. The van der Waals surface area contributed by atoms with Gasteiger partial charge in [0.1, 0.15) is 24.8 Å². The minimum atomic E-state index is -0.760. The number of benzene rings is 2. The van der Waals surface area contributed by atoms with E-state index in [0.717, 1.165) is 52.6 Å². The van der Waals surface area contributed by atoms with E-state index in [9.17, 15) is 19.2 Å². The molecule has 2 aromatic carbocycles. The molecule has 4 amide bonds. The third-order valence-corrected chi connectivity index (χ3v) is 13.4. The molecule has 0 atom stereocenters. The van der Waals surface area contributed by atoms with Gasteiger partial charge in [0.05, 0.1) is 47.6 Å². The van der Waals surface area contributed by atoms with Crippen molar-refractivity contribution in [1.29, 1.82) is 0 Å². The average Bonchev–Trinajstić information content (AvgIpc) is 4.01. The lowest BCUT2D eigenvalue weighted by Crippen LogP contribution is -2.52. The standard InChI is InChI=1S/C48H52N16O5/c49-43(47(11-1-12-47)37-6-2-31(3-7-37)33-20-54-45(51)55-21-33)60-41(67)35-24-58-63(26-35)28-39(65)53-13-10-30-18-48(19-30,38-8-4-32(5-9-38)34-22-56-46(52)57-23-34)44(50)61-42(68)36-25-59-64(27-36)29-40(66)62-14-16-69-17-15-62/h2-9,20-27,30H,1,10-19,28-29H2,(H,53,65)(H2,49,60,67)(H2,50,61,68)(H2,51,54,55)(H2,52,56,57). The van der Waals surface area contributed by atoms with E-state index in [-0.39, 0.29) is 65.5 Å². The highest BCUT2D eigenvalue weighted by molar-refractivity contribution is 6.07. The van der Waals surface area contributed by atoms with Gasteiger partial charge in [-0.05, 0) is 60.3 Å². The molecular weight excluding hydrogens is 881 g/mol. The number of nitrogens with two attached hydrogens (primary N) is 4. The van der Waals surface area contributed by atoms with Crippen LogP contribution in [0, 0.1) is 5.92 Å². The van der Waals surface area contributed by atoms with Gasteiger partial charge in [0, 0.05) is 67.9 Å². The monoisotopic (exact) mass is 932 g/mol. The van der Waals surface area contributed by atoms with Crippen molar-refractivity contribution < 1.29 is 23.9 Å². The maximum absolute atomic E-state index is 13.5. The van der Waals surface area contributed by atoms with Gasteiger partial charge in [-0.2, -0.15) is 20.2 Å². The van der Waals surface area contributed by atoms with Crippen LogP contribution in [-0.4, -0.2) is 113 Å². The number of hydrogen-bond donors (Lipinski definition) is 5. The Labute approximate surface area is 396 Å². The van der Waals surface area contributed by atoms with Crippen LogP contribution < -0.4 is 28.3 Å². The van der Waals surface area contributed by atoms with Crippen LogP contribution in [0.3, 0.4) is 0 Å². The highest BCUT2D eigenvalue weighted by Crippen LogP contribution is 2.50. The van der Waals surface area contributed by atoms with Gasteiger partial charge >= 0.3 is 0 Å². The molecule has 1 saturated heterocycles. The summed E-state index contributed by atoms with van der Waals surface area (Å²) in [6.07, 6.45) is 16.6. The number of nitrogens with one attached hydrogen (secondary N) is 1. The molecule has 2 saturated carbocycles. The first kappa shape index (κ1) is 45.9. The summed E-state index contributed by atoms with van der Waals surface area (Å²) in [6, 6.07) is 15.7. The quantitative estimate of drug-likeness (QED) is 0.0730. The SMILES string of the molecule is NC(=NC(=O)c1cnn(CC(=O)NCCC2CC(C(N)=NC(=O)c3cnn(CC(=O)N4CCOCC4)c3)(c3ccc(-c4cnc(N)nc4)cc3)C2)c1)C1(c2ccc(-c3cnc(N)nc3)cc2)CCC1. The van der Waals surface area contributed by atoms with Crippen LogP contribution in [-0.2, 0) is 38.2 Å². The minimum Gasteiger partial charge on any atom is -0.386 e. The Bertz CT molecular complexity index is 2890. The summed E-state index contributed by atoms with van der Waals surface area (Å²) in [4.78, 5) is 79.5. The molecular formula is C48H52N16O5. The van der Waals surface area contributed by atoms with E-state index in [4.69, 9.17) is 27.7 Å². The van der Waals surface area contributed by atoms with Crippen molar-refractivity contribution >= 4 is 47.2 Å². The number of amidine groups is 2. The Hall–Kier alpha value is -8.20. The van der Waals surface area contributed by atoms with Crippen LogP contribution in [0.25, 0.3) is 22.3 Å². The summed E-state index contributed by atoms with van der Waals surface area (Å²) in [5.41, 5.74) is 29.0. The molecule has 0 bridgehead atoms. The van der Waals surface area contributed by atoms with E-state index in [1.54, 1.807) is 29.7 Å². The van der Waals surface area contributed by atoms with E-state index in [2.05, 4.69) is 45.4 Å². The summed E-state index contributed by atoms with van der Waals surface area (Å²) in [5.74, 6) is -0.605. The molecule has 0 radical (unpaired) electrons. The number of anilines is 2. The lowest BCUT2D eigenvalue weighted by molar-refractivity contribution is -0.136. The van der Waals surface area contributed by atoms with Gasteiger partial charge in [-0.3, -0.25) is 28.5 Å². The number of carbonyl (C=O) groups excluding carboxylic acids is 4. The number of hydrogen-bond acceptors (Lipinski definition) is 13. The second-order valence-corrected chi connectivity index (χ2v) is 17.7. The van der Waals surface area contributed by atoms with Crippen LogP contribution >= 0.6 is 0 Å². The molecule has 1 aliphatic heterocycles. The predicted octanol–water partition coefficient (Wildman–Crippen LogP) is 2.69. The fraction of sp³-hybridized carbons (Fsp3) is 0.333. The molecule has 69 heavy (non-hydrogen) atoms. The Morgan fingerprint density at radius 1 is 0.652 bits per heavy atom. The molecule has 0 spiro atoms. The smallest absolute Gasteiger partial charge is 0.281 e. The number of nitrogens with zero attached hydrogens (tertiary/aromatic N) is 11. The zero-order chi connectivity index (χ0) is 48.1. The van der Waals surface area contributed by atoms with Crippen molar-refractivity contribution in [3.63, 3.8) is 0 Å². The van der Waals surface area contributed by atoms with Crippen LogP contribution in [0.4, 0.5) is 11.9 Å². The van der Waals surface area contributed by atoms with Crippen LogP contribution in [0.15, 0.2) is 108 Å². The summed E-state index contributed by atoms with van der Waals surface area (Å²) in [7, 11) is 0. The minimum absolute atomic E-state index is 0.0179. The third-order valence-electron chi connectivity index (χ3n) is 13.4. The maximum atomic E-state index is 13.5. The first-order chi connectivity index (χ1) is 33.4. The van der Waals surface area contributed by atoms with Crippen molar-refractivity contribution in [2.45, 2.75) is 62.4 Å². The summed E-state index contributed by atoms with van der Waals surface area (Å²) < 4.78 is 8.15. The number of nitrogen functional groups attached to an aromatic ring is 2. The van der Waals surface area contributed by atoms with Crippen LogP contribution in [0.5, 0.6) is 0 Å². The molecule has 6 aromatic rings. The first-order valence-electron chi connectivity index (χ1n) is 22.7. The largest absolute Gasteiger partial charge is 0.386 e. The van der Waals surface area contributed by atoms with Gasteiger partial charge in [-0.1, -0.05) is 55.0 Å². The Balaban J connectivity index is 0.807. The number of aromatic nitrogens is 8. The van der Waals surface area contributed by atoms with Crippen molar-refractivity contribution in [3.8, 4) is 22.3 Å². The zero-order valence-corrected chi connectivity index (χ0v) is 37.8. The van der Waals surface area contributed by atoms with Gasteiger partial charge in [-0.25, -0.2) is 19.9 Å². The van der Waals surface area contributed by atoms with Crippen LogP contribution in [0.1, 0.15) is 70.4 Å². The van der Waals surface area contributed by atoms with E-state index >= 15 is 0 Å². The fourth-order valence-corrected chi connectivity index (χ4v) is 9.24. The van der Waals surface area contributed by atoms with Gasteiger partial charge < -0.3 is 37.9 Å². The molecule has 9 N–H and O–H groups in total. The van der Waals surface area contributed by atoms with Gasteiger partial charge in [-0.15, -0.1) is 0 Å². The molecule has 0 unspecified atom stereocenters. The number of ether oxygens (including phenoxy) is 1. The molecule has 3 fully saturated rings. The van der Waals surface area contributed by atoms with Gasteiger partial charge in [0.15, 0.2) is 0 Å². The topological polar surface area (TPSA) is 309 Å². The molecule has 354 valence electrons. The third kappa shape index (κ3) is 9.94. The highest BCUT2D eigenvalue weighted by atomic mass is 16.5. The Morgan fingerprint density at radius 3 is 1.62 bits per heavy atom. The number of carbonyl (C=O) groups is 4. The number of rotatable bonds is 15. The number of amides is 4. The molecule has 5 heterocycles. The van der Waals surface area contributed by atoms with E-state index < -0.39 is 22.6 Å². The molecule has 4 aromatic heterocycles. The average molecular weight is 933 g/mol. The lowest BCUT2D eigenvalue weighted by atomic mass is 9.57. The van der Waals surface area contributed by atoms with E-state index in [1.165, 1.54) is 34.2 Å². The number of morpholine rings is 1. The molecule has 21 heteroatoms. The van der Waals surface area contributed by atoms with Crippen LogP contribution in [0.2, 0.25) is 0 Å². The molecule has 3 aliphatic rings. The lowest BCUT2D eigenvalue weighted by Gasteiger charge is -2.48. The molecule has 2 aliphatic carbocycles. The Kier molecular flexibility index (Phi) is 13.0. The van der Waals surface area contributed by atoms with Crippen molar-refractivity contribution in [1.82, 2.24) is 49.7 Å². The van der Waals surface area contributed by atoms with Crippen molar-refractivity contribution in [2.75, 3.05) is 44.3 Å². The van der Waals surface area contributed by atoms with E-state index in [0.29, 0.717) is 52.1 Å². The maximum Gasteiger partial charge on any atom is 0.281 e. The Morgan fingerprint density at radius 2 is 1.13 bits per heavy atom. The van der Waals surface area contributed by atoms with Crippen molar-refractivity contribution in [2.24, 2.45) is 27.4 Å². The zero-order valence-electron chi connectivity index (χ0n) is 37.8. The highest BCUT2D eigenvalue weighted by Gasteiger charge is 2.49. The second kappa shape index (κ2) is 19.6. The second-order valence-electron chi connectivity index (χ2n) is 17.7. The van der Waals surface area contributed by atoms with E-state index in [1.807, 2.05) is 48.5 Å². The summed E-state index contributed by atoms with van der Waals surface area (Å²) in [6.45, 7) is 2.21. The van der Waals surface area contributed by atoms with Gasteiger partial charge in [0.25, 0.3) is 11.8 Å². The molecule has 21 nitrogen and oxygen atoms in total. The number of aliphatic imine (C=N–C) groups is 2. The predicted molar refractivity (Wildman–Crippen MR) is 255 cm³/mol. The summed E-state index contributed by atoms with van der Waals surface area (Å²) >= 11 is 0. The van der Waals surface area contributed by atoms with Gasteiger partial charge in [0.2, 0.25) is 23.7 Å². The summed E-state index contributed by atoms with van der Waals surface area (Å²) in [5, 5.41) is 11.4. The fourth-order valence-electron chi connectivity index (χ4n) is 9.24. The van der Waals surface area contributed by atoms with Crippen molar-refractivity contribution in [3.05, 3.63) is 120 Å². The molecule has 9 rings (SSSR count).